The number of allylic oxidation sites excluding steroid dienone is 1. The van der Waals surface area contributed by atoms with Gasteiger partial charge in [0, 0.05) is 18.4 Å². The van der Waals surface area contributed by atoms with Crippen molar-refractivity contribution in [2.45, 2.75) is 6.92 Å². The lowest BCUT2D eigenvalue weighted by Gasteiger charge is -2.23. The van der Waals surface area contributed by atoms with Gasteiger partial charge in [-0.1, -0.05) is 54.6 Å². The second kappa shape index (κ2) is 5.35. The van der Waals surface area contributed by atoms with Gasteiger partial charge in [0.05, 0.1) is 0 Å². The van der Waals surface area contributed by atoms with E-state index in [1.165, 1.54) is 16.9 Å². The van der Waals surface area contributed by atoms with Gasteiger partial charge >= 0.3 is 0 Å². The van der Waals surface area contributed by atoms with E-state index in [2.05, 4.69) is 73.5 Å². The number of benzene rings is 2. The molecule has 1 heteroatoms. The molecule has 0 N–H and O–H groups in total. The zero-order valence-electron chi connectivity index (χ0n) is 10.3. The van der Waals surface area contributed by atoms with Gasteiger partial charge in [-0.25, -0.2) is 0 Å². The zero-order valence-corrected chi connectivity index (χ0v) is 10.3. The molecule has 0 radical (unpaired) electrons. The van der Waals surface area contributed by atoms with Crippen LogP contribution in [-0.2, 0) is 0 Å². The van der Waals surface area contributed by atoms with E-state index in [9.17, 15) is 0 Å². The molecule has 0 fully saturated rings. The third kappa shape index (κ3) is 2.56. The molecule has 17 heavy (non-hydrogen) atoms. The summed E-state index contributed by atoms with van der Waals surface area (Å²) in [5.41, 5.74) is 3.66. The van der Waals surface area contributed by atoms with Gasteiger partial charge in [0.15, 0.2) is 0 Å². The van der Waals surface area contributed by atoms with Crippen LogP contribution in [-0.4, -0.2) is 7.05 Å². The van der Waals surface area contributed by atoms with Crippen LogP contribution in [0.25, 0.3) is 5.70 Å². The normalized spacial score (nSPS) is 11.3. The van der Waals surface area contributed by atoms with Gasteiger partial charge in [0.2, 0.25) is 0 Å². The zero-order chi connectivity index (χ0) is 12.1. The summed E-state index contributed by atoms with van der Waals surface area (Å²) in [6.45, 7) is 2.07. The molecule has 0 saturated heterocycles. The molecule has 0 amide bonds. The van der Waals surface area contributed by atoms with Crippen molar-refractivity contribution in [1.29, 1.82) is 0 Å². The fourth-order valence-electron chi connectivity index (χ4n) is 1.95. The van der Waals surface area contributed by atoms with Crippen molar-refractivity contribution in [3.63, 3.8) is 0 Å². The number of anilines is 1. The maximum absolute atomic E-state index is 2.20. The van der Waals surface area contributed by atoms with Gasteiger partial charge < -0.3 is 4.90 Å². The number of rotatable bonds is 3. The van der Waals surface area contributed by atoms with Crippen LogP contribution in [0, 0.1) is 0 Å². The summed E-state index contributed by atoms with van der Waals surface area (Å²) in [4.78, 5) is 2.20. The molecular weight excluding hydrogens is 206 g/mol. The van der Waals surface area contributed by atoms with Crippen LogP contribution in [0.1, 0.15) is 12.5 Å². The first-order valence-corrected chi connectivity index (χ1v) is 5.83. The molecule has 2 rings (SSSR count). The molecule has 0 heterocycles. The lowest BCUT2D eigenvalue weighted by molar-refractivity contribution is 1.21. The first kappa shape index (κ1) is 11.5. The van der Waals surface area contributed by atoms with E-state index in [0.29, 0.717) is 0 Å². The van der Waals surface area contributed by atoms with Crippen LogP contribution in [0.3, 0.4) is 0 Å². The molecule has 2 aromatic carbocycles. The third-order valence-corrected chi connectivity index (χ3v) is 2.85. The van der Waals surface area contributed by atoms with Crippen molar-refractivity contribution in [2.75, 3.05) is 11.9 Å². The molecule has 0 atom stereocenters. The number of nitrogens with zero attached hydrogens (tertiary/aromatic N) is 1. The smallest absolute Gasteiger partial charge is 0.0438 e. The Kier molecular flexibility index (Phi) is 3.61. The lowest BCUT2D eigenvalue weighted by atomic mass is 10.1. The molecule has 2 aromatic rings. The minimum Gasteiger partial charge on any atom is -0.344 e. The van der Waals surface area contributed by atoms with E-state index in [0.717, 1.165) is 0 Å². The standard InChI is InChI=1S/C16H17N/c1-3-16(14-10-6-4-7-11-14)17(2)15-12-8-5-9-13-15/h3-13H,1-2H3/b16-3-. The van der Waals surface area contributed by atoms with E-state index < -0.39 is 0 Å². The summed E-state index contributed by atoms with van der Waals surface area (Å²) < 4.78 is 0. The quantitative estimate of drug-likeness (QED) is 0.754. The lowest BCUT2D eigenvalue weighted by Crippen LogP contribution is -2.14. The second-order valence-corrected chi connectivity index (χ2v) is 3.93. The van der Waals surface area contributed by atoms with Gasteiger partial charge in [-0.2, -0.15) is 0 Å². The Morgan fingerprint density at radius 3 is 1.94 bits per heavy atom. The highest BCUT2D eigenvalue weighted by atomic mass is 15.1. The highest BCUT2D eigenvalue weighted by Gasteiger charge is 2.07. The van der Waals surface area contributed by atoms with Gasteiger partial charge in [-0.05, 0) is 24.6 Å². The highest BCUT2D eigenvalue weighted by Crippen LogP contribution is 2.23. The van der Waals surface area contributed by atoms with Crippen LogP contribution in [0.5, 0.6) is 0 Å². The Labute approximate surface area is 103 Å². The highest BCUT2D eigenvalue weighted by molar-refractivity contribution is 5.78. The number of para-hydroxylation sites is 1. The largest absolute Gasteiger partial charge is 0.344 e. The summed E-state index contributed by atoms with van der Waals surface area (Å²) in [5, 5.41) is 0. The van der Waals surface area contributed by atoms with E-state index in [1.54, 1.807) is 0 Å². The van der Waals surface area contributed by atoms with Crippen LogP contribution in [0.4, 0.5) is 5.69 Å². The van der Waals surface area contributed by atoms with Crippen molar-refractivity contribution in [3.8, 4) is 0 Å². The maximum Gasteiger partial charge on any atom is 0.0438 e. The van der Waals surface area contributed by atoms with E-state index in [4.69, 9.17) is 0 Å². The van der Waals surface area contributed by atoms with Crippen molar-refractivity contribution >= 4 is 11.4 Å². The van der Waals surface area contributed by atoms with Gasteiger partial charge in [-0.15, -0.1) is 0 Å². The first-order chi connectivity index (χ1) is 8.33. The summed E-state index contributed by atoms with van der Waals surface area (Å²) in [5.74, 6) is 0. The van der Waals surface area contributed by atoms with Crippen molar-refractivity contribution in [3.05, 3.63) is 72.3 Å². The number of hydrogen-bond donors (Lipinski definition) is 0. The summed E-state index contributed by atoms with van der Waals surface area (Å²) in [6.07, 6.45) is 2.14. The second-order valence-electron chi connectivity index (χ2n) is 3.93. The summed E-state index contributed by atoms with van der Waals surface area (Å²) in [6, 6.07) is 20.8. The Morgan fingerprint density at radius 1 is 0.882 bits per heavy atom. The van der Waals surface area contributed by atoms with Crippen molar-refractivity contribution < 1.29 is 0 Å². The Hall–Kier alpha value is -2.02. The Balaban J connectivity index is 2.33. The molecule has 86 valence electrons. The molecule has 0 bridgehead atoms. The van der Waals surface area contributed by atoms with E-state index in [-0.39, 0.29) is 0 Å². The minimum atomic E-state index is 1.20. The predicted octanol–water partition coefficient (Wildman–Crippen LogP) is 4.18. The maximum atomic E-state index is 2.20. The third-order valence-electron chi connectivity index (χ3n) is 2.85. The van der Waals surface area contributed by atoms with Crippen LogP contribution in [0.15, 0.2) is 66.7 Å². The van der Waals surface area contributed by atoms with Crippen molar-refractivity contribution in [2.24, 2.45) is 0 Å². The van der Waals surface area contributed by atoms with Gasteiger partial charge in [-0.3, -0.25) is 0 Å². The molecular formula is C16H17N. The predicted molar refractivity (Wildman–Crippen MR) is 74.9 cm³/mol. The fraction of sp³-hybridized carbons (Fsp3) is 0.125. The summed E-state index contributed by atoms with van der Waals surface area (Å²) in [7, 11) is 2.09. The number of hydrogen-bond acceptors (Lipinski definition) is 1. The molecule has 0 spiro atoms. The van der Waals surface area contributed by atoms with Gasteiger partial charge in [0.25, 0.3) is 0 Å². The first-order valence-electron chi connectivity index (χ1n) is 5.83. The van der Waals surface area contributed by atoms with E-state index >= 15 is 0 Å². The molecule has 0 aliphatic carbocycles. The van der Waals surface area contributed by atoms with Gasteiger partial charge in [0.1, 0.15) is 0 Å². The Morgan fingerprint density at radius 2 is 1.41 bits per heavy atom. The van der Waals surface area contributed by atoms with Crippen molar-refractivity contribution in [1.82, 2.24) is 0 Å². The average Bonchev–Trinajstić information content (AvgIpc) is 2.42. The molecule has 0 aliphatic rings. The average molecular weight is 223 g/mol. The molecule has 0 unspecified atom stereocenters. The molecule has 0 aliphatic heterocycles. The molecule has 0 aromatic heterocycles. The fourth-order valence-corrected chi connectivity index (χ4v) is 1.95. The van der Waals surface area contributed by atoms with Crippen LogP contribution >= 0.6 is 0 Å². The monoisotopic (exact) mass is 223 g/mol. The Bertz CT molecular complexity index is 485. The van der Waals surface area contributed by atoms with Crippen LogP contribution < -0.4 is 4.90 Å². The SMILES string of the molecule is C/C=C(/c1ccccc1)N(C)c1ccccc1. The topological polar surface area (TPSA) is 3.24 Å². The minimum absolute atomic E-state index is 1.20. The molecule has 1 nitrogen and oxygen atoms in total. The van der Waals surface area contributed by atoms with Crippen LogP contribution in [0.2, 0.25) is 0 Å². The summed E-state index contributed by atoms with van der Waals surface area (Å²) >= 11 is 0. The van der Waals surface area contributed by atoms with E-state index in [1.807, 2.05) is 12.1 Å². The molecule has 0 saturated carbocycles.